The number of fused-ring (bicyclic) bond motifs is 3. The smallest absolute Gasteiger partial charge is 0.137 e. The molecule has 94 valence electrons. The largest absolute Gasteiger partial charge is 0.206 e. The van der Waals surface area contributed by atoms with Crippen LogP contribution in [0.1, 0.15) is 24.0 Å². The summed E-state index contributed by atoms with van der Waals surface area (Å²) in [4.78, 5) is 1.85. The molecule has 0 bridgehead atoms. The van der Waals surface area contributed by atoms with E-state index in [2.05, 4.69) is 12.2 Å². The molecular weight excluding hydrogens is 270 g/mol. The second kappa shape index (κ2) is 4.94. The van der Waals surface area contributed by atoms with E-state index in [0.717, 1.165) is 33.7 Å². The highest BCUT2D eigenvalue weighted by molar-refractivity contribution is 7.20. The number of halogens is 2. The summed E-state index contributed by atoms with van der Waals surface area (Å²) in [6.07, 6.45) is 7.22. The van der Waals surface area contributed by atoms with Crippen LogP contribution in [-0.4, -0.2) is 0 Å². The van der Waals surface area contributed by atoms with Gasteiger partial charge >= 0.3 is 0 Å². The lowest BCUT2D eigenvalue weighted by molar-refractivity contribution is 0.613. The van der Waals surface area contributed by atoms with Crippen molar-refractivity contribution in [2.75, 3.05) is 0 Å². The van der Waals surface area contributed by atoms with Crippen LogP contribution in [0.25, 0.3) is 9.75 Å². The first kappa shape index (κ1) is 12.1. The third-order valence-corrected chi connectivity index (χ3v) is 5.33. The van der Waals surface area contributed by atoms with Crippen LogP contribution in [0.3, 0.4) is 0 Å². The number of allylic oxidation sites excluding steroid dienone is 2. The number of hydrogen-bond acceptors (Lipinski definition) is 2. The Labute approximate surface area is 113 Å². The summed E-state index contributed by atoms with van der Waals surface area (Å²) in [5, 5.41) is 3.07. The molecule has 0 fully saturated rings. The lowest BCUT2D eigenvalue weighted by Crippen LogP contribution is -1.93. The van der Waals surface area contributed by atoms with Crippen LogP contribution in [0.4, 0.5) is 8.78 Å². The molecule has 0 amide bonds. The van der Waals surface area contributed by atoms with Gasteiger partial charge in [-0.05, 0) is 25.7 Å². The van der Waals surface area contributed by atoms with Crippen molar-refractivity contribution in [1.82, 2.24) is 0 Å². The minimum absolute atomic E-state index is 0.149. The van der Waals surface area contributed by atoms with Crippen LogP contribution in [0.5, 0.6) is 0 Å². The number of thiophene rings is 2. The zero-order chi connectivity index (χ0) is 12.5. The molecule has 18 heavy (non-hydrogen) atoms. The van der Waals surface area contributed by atoms with Crippen molar-refractivity contribution in [3.63, 3.8) is 0 Å². The highest BCUT2D eigenvalue weighted by Crippen LogP contribution is 2.40. The normalized spacial score (nSPS) is 17.0. The van der Waals surface area contributed by atoms with Gasteiger partial charge in [-0.25, -0.2) is 8.78 Å². The van der Waals surface area contributed by atoms with Gasteiger partial charge in [-0.3, -0.25) is 0 Å². The molecule has 0 radical (unpaired) electrons. The Hall–Kier alpha value is -1.000. The molecular formula is C14H12F2S2. The average molecular weight is 282 g/mol. The van der Waals surface area contributed by atoms with E-state index in [9.17, 15) is 8.78 Å². The Morgan fingerprint density at radius 3 is 1.67 bits per heavy atom. The van der Waals surface area contributed by atoms with Crippen LogP contribution in [0, 0.1) is 11.6 Å². The van der Waals surface area contributed by atoms with E-state index < -0.39 is 0 Å². The van der Waals surface area contributed by atoms with Crippen LogP contribution >= 0.6 is 22.7 Å². The van der Waals surface area contributed by atoms with E-state index >= 15 is 0 Å². The van der Waals surface area contributed by atoms with Crippen molar-refractivity contribution in [3.05, 3.63) is 45.7 Å². The van der Waals surface area contributed by atoms with E-state index in [1.807, 2.05) is 0 Å². The van der Waals surface area contributed by atoms with Gasteiger partial charge in [0, 0.05) is 21.9 Å². The van der Waals surface area contributed by atoms with Crippen molar-refractivity contribution in [3.8, 4) is 9.75 Å². The second-order valence-electron chi connectivity index (χ2n) is 4.33. The molecule has 1 aliphatic rings. The Morgan fingerprint density at radius 2 is 1.22 bits per heavy atom. The standard InChI is InChI=1S/C14H12F2S2/c15-11-7-17-13-9(11)5-3-1-2-4-6-10-12(16)8-18-14(10)13/h1-2,7-8H,3-6H2/b2-1+. The maximum atomic E-state index is 13.8. The zero-order valence-corrected chi connectivity index (χ0v) is 11.3. The fourth-order valence-electron chi connectivity index (χ4n) is 2.26. The van der Waals surface area contributed by atoms with Crippen LogP contribution in [-0.2, 0) is 12.8 Å². The molecule has 0 N–H and O–H groups in total. The fraction of sp³-hybridized carbons (Fsp3) is 0.286. The highest BCUT2D eigenvalue weighted by atomic mass is 32.1. The first-order valence-electron chi connectivity index (χ1n) is 5.94. The third kappa shape index (κ3) is 2.04. The second-order valence-corrected chi connectivity index (χ2v) is 6.09. The first-order chi connectivity index (χ1) is 8.77. The molecule has 2 aromatic rings. The van der Waals surface area contributed by atoms with Gasteiger partial charge in [0.2, 0.25) is 0 Å². The van der Waals surface area contributed by atoms with Gasteiger partial charge in [0.05, 0.1) is 9.75 Å². The van der Waals surface area contributed by atoms with Gasteiger partial charge in [-0.2, -0.15) is 0 Å². The molecule has 0 spiro atoms. The molecule has 0 aliphatic heterocycles. The van der Waals surface area contributed by atoms with Crippen molar-refractivity contribution in [2.45, 2.75) is 25.7 Å². The summed E-state index contributed by atoms with van der Waals surface area (Å²) in [6, 6.07) is 0. The fourth-order valence-corrected chi connectivity index (χ4v) is 4.42. The van der Waals surface area contributed by atoms with E-state index in [1.54, 1.807) is 0 Å². The van der Waals surface area contributed by atoms with Crippen molar-refractivity contribution in [1.29, 1.82) is 0 Å². The predicted molar refractivity (Wildman–Crippen MR) is 73.3 cm³/mol. The van der Waals surface area contributed by atoms with Gasteiger partial charge in [-0.1, -0.05) is 12.2 Å². The van der Waals surface area contributed by atoms with Gasteiger partial charge in [0.1, 0.15) is 11.6 Å². The predicted octanol–water partition coefficient (Wildman–Crippen LogP) is 5.19. The minimum atomic E-state index is -0.149. The quantitative estimate of drug-likeness (QED) is 0.583. The summed E-state index contributed by atoms with van der Waals surface area (Å²) in [5.74, 6) is -0.299. The highest BCUT2D eigenvalue weighted by Gasteiger charge is 2.20. The lowest BCUT2D eigenvalue weighted by Gasteiger charge is -2.06. The Balaban J connectivity index is 2.17. The number of rotatable bonds is 0. The van der Waals surface area contributed by atoms with Gasteiger partial charge in [0.15, 0.2) is 0 Å². The maximum Gasteiger partial charge on any atom is 0.137 e. The van der Waals surface area contributed by atoms with Crippen LogP contribution < -0.4 is 0 Å². The van der Waals surface area contributed by atoms with Crippen molar-refractivity contribution >= 4 is 22.7 Å². The van der Waals surface area contributed by atoms with Gasteiger partial charge < -0.3 is 0 Å². The van der Waals surface area contributed by atoms with E-state index in [1.165, 1.54) is 33.4 Å². The molecule has 0 saturated heterocycles. The van der Waals surface area contributed by atoms with Crippen LogP contribution in [0.2, 0.25) is 0 Å². The molecule has 0 saturated carbocycles. The zero-order valence-electron chi connectivity index (χ0n) is 9.71. The topological polar surface area (TPSA) is 0 Å². The Kier molecular flexibility index (Phi) is 3.31. The molecule has 1 aliphatic carbocycles. The molecule has 0 nitrogen and oxygen atoms in total. The lowest BCUT2D eigenvalue weighted by atomic mass is 10.0. The van der Waals surface area contributed by atoms with E-state index in [4.69, 9.17) is 0 Å². The van der Waals surface area contributed by atoms with E-state index in [-0.39, 0.29) is 11.6 Å². The molecule has 0 unspecified atom stereocenters. The maximum absolute atomic E-state index is 13.8. The average Bonchev–Trinajstić information content (AvgIpc) is 2.90. The minimum Gasteiger partial charge on any atom is -0.206 e. The molecule has 3 rings (SSSR count). The molecule has 2 heterocycles. The van der Waals surface area contributed by atoms with E-state index in [0.29, 0.717) is 12.8 Å². The number of hydrogen-bond donors (Lipinski definition) is 0. The Bertz CT molecular complexity index is 541. The third-order valence-electron chi connectivity index (χ3n) is 3.18. The molecule has 4 heteroatoms. The summed E-state index contributed by atoms with van der Waals surface area (Å²) in [5.41, 5.74) is 1.49. The summed E-state index contributed by atoms with van der Waals surface area (Å²) in [6.45, 7) is 0. The summed E-state index contributed by atoms with van der Waals surface area (Å²) >= 11 is 2.78. The SMILES string of the molecule is Fc1csc2c1CC/C=C/CCc1c(F)csc1-2. The first-order valence-corrected chi connectivity index (χ1v) is 7.70. The molecule has 0 aromatic carbocycles. The summed E-state index contributed by atoms with van der Waals surface area (Å²) in [7, 11) is 0. The molecule has 0 atom stereocenters. The van der Waals surface area contributed by atoms with Crippen molar-refractivity contribution in [2.24, 2.45) is 0 Å². The van der Waals surface area contributed by atoms with Crippen LogP contribution in [0.15, 0.2) is 22.9 Å². The monoisotopic (exact) mass is 282 g/mol. The molecule has 2 aromatic heterocycles. The van der Waals surface area contributed by atoms with Gasteiger partial charge in [-0.15, -0.1) is 22.7 Å². The summed E-state index contributed by atoms with van der Waals surface area (Å²) < 4.78 is 27.6. The Morgan fingerprint density at radius 1 is 0.778 bits per heavy atom. The van der Waals surface area contributed by atoms with Crippen molar-refractivity contribution < 1.29 is 8.78 Å². The van der Waals surface area contributed by atoms with Gasteiger partial charge in [0.25, 0.3) is 0 Å².